The van der Waals surface area contributed by atoms with Crippen molar-refractivity contribution in [1.82, 2.24) is 0 Å². The van der Waals surface area contributed by atoms with Crippen LogP contribution in [-0.2, 0) is 19.1 Å². The molecule has 0 saturated carbocycles. The lowest BCUT2D eigenvalue weighted by atomic mass is 10.1. The van der Waals surface area contributed by atoms with Gasteiger partial charge < -0.3 is 18.9 Å². The molecule has 0 fully saturated rings. The summed E-state index contributed by atoms with van der Waals surface area (Å²) in [5, 5.41) is 0. The fourth-order valence-corrected chi connectivity index (χ4v) is 2.75. The standard InChI is InChI=1S/C16H16INO6/c1-4-22-14(19)8-23-15-11(17)5-10(7-13(15)21-3)6-12-16(20)24-9(2)18-12/h5-7H,4,8H2,1-3H3/b12-6+. The van der Waals surface area contributed by atoms with E-state index in [0.717, 1.165) is 3.57 Å². The first-order valence-corrected chi connectivity index (χ1v) is 8.17. The second kappa shape index (κ2) is 8.13. The minimum Gasteiger partial charge on any atom is -0.493 e. The van der Waals surface area contributed by atoms with Crippen LogP contribution in [0.2, 0.25) is 0 Å². The molecule has 0 aromatic heterocycles. The van der Waals surface area contributed by atoms with E-state index in [0.29, 0.717) is 29.6 Å². The molecule has 7 nitrogen and oxygen atoms in total. The number of aliphatic imine (C=N–C) groups is 1. The van der Waals surface area contributed by atoms with E-state index in [4.69, 9.17) is 18.9 Å². The highest BCUT2D eigenvalue weighted by Gasteiger charge is 2.20. The molecule has 0 aliphatic carbocycles. The topological polar surface area (TPSA) is 83.4 Å². The molecule has 0 saturated heterocycles. The van der Waals surface area contributed by atoms with E-state index in [-0.39, 0.29) is 12.3 Å². The van der Waals surface area contributed by atoms with Crippen LogP contribution < -0.4 is 9.47 Å². The maximum Gasteiger partial charge on any atom is 0.363 e. The van der Waals surface area contributed by atoms with Gasteiger partial charge >= 0.3 is 11.9 Å². The summed E-state index contributed by atoms with van der Waals surface area (Å²) >= 11 is 2.06. The smallest absolute Gasteiger partial charge is 0.363 e. The molecule has 1 aliphatic heterocycles. The number of cyclic esters (lactones) is 1. The summed E-state index contributed by atoms with van der Waals surface area (Å²) in [7, 11) is 1.49. The van der Waals surface area contributed by atoms with Gasteiger partial charge in [-0.2, -0.15) is 0 Å². The average Bonchev–Trinajstić information content (AvgIpc) is 2.83. The molecule has 8 heteroatoms. The van der Waals surface area contributed by atoms with E-state index in [1.54, 1.807) is 32.1 Å². The van der Waals surface area contributed by atoms with Crippen LogP contribution in [0.3, 0.4) is 0 Å². The molecule has 0 atom stereocenters. The Bertz CT molecular complexity index is 726. The zero-order valence-electron chi connectivity index (χ0n) is 13.4. The van der Waals surface area contributed by atoms with Crippen LogP contribution >= 0.6 is 22.6 Å². The van der Waals surface area contributed by atoms with Gasteiger partial charge in [0.15, 0.2) is 29.7 Å². The van der Waals surface area contributed by atoms with E-state index in [1.165, 1.54) is 7.11 Å². The van der Waals surface area contributed by atoms with Crippen LogP contribution in [-0.4, -0.2) is 38.2 Å². The monoisotopic (exact) mass is 445 g/mol. The van der Waals surface area contributed by atoms with Gasteiger partial charge in [0.1, 0.15) is 0 Å². The number of ether oxygens (including phenoxy) is 4. The second-order valence-electron chi connectivity index (χ2n) is 4.68. The number of carbonyl (C=O) groups excluding carboxylic acids is 2. The van der Waals surface area contributed by atoms with Crippen molar-refractivity contribution < 1.29 is 28.5 Å². The molecule has 0 amide bonds. The van der Waals surface area contributed by atoms with Crippen molar-refractivity contribution in [2.24, 2.45) is 4.99 Å². The van der Waals surface area contributed by atoms with Gasteiger partial charge in [-0.05, 0) is 53.3 Å². The number of benzene rings is 1. The van der Waals surface area contributed by atoms with Gasteiger partial charge in [0.25, 0.3) is 0 Å². The fraction of sp³-hybridized carbons (Fsp3) is 0.312. The molecule has 128 valence electrons. The van der Waals surface area contributed by atoms with E-state index >= 15 is 0 Å². The molecule has 0 bridgehead atoms. The van der Waals surface area contributed by atoms with Crippen molar-refractivity contribution >= 4 is 46.5 Å². The maximum absolute atomic E-state index is 11.6. The summed E-state index contributed by atoms with van der Waals surface area (Å²) < 4.78 is 21.2. The number of esters is 2. The Hall–Kier alpha value is -2.10. The molecule has 1 aliphatic rings. The summed E-state index contributed by atoms with van der Waals surface area (Å²) in [4.78, 5) is 27.1. The van der Waals surface area contributed by atoms with Gasteiger partial charge in [0, 0.05) is 6.92 Å². The minimum atomic E-state index is -0.496. The molecular formula is C16H16INO6. The van der Waals surface area contributed by atoms with Crippen molar-refractivity contribution in [1.29, 1.82) is 0 Å². The lowest BCUT2D eigenvalue weighted by molar-refractivity contribution is -0.145. The first-order valence-electron chi connectivity index (χ1n) is 7.09. The van der Waals surface area contributed by atoms with Crippen LogP contribution in [0.4, 0.5) is 0 Å². The van der Waals surface area contributed by atoms with Crippen LogP contribution in [0.1, 0.15) is 19.4 Å². The first-order chi connectivity index (χ1) is 11.4. The number of hydrogen-bond donors (Lipinski definition) is 0. The van der Waals surface area contributed by atoms with Gasteiger partial charge in [0.05, 0.1) is 17.3 Å². The van der Waals surface area contributed by atoms with Gasteiger partial charge in [-0.1, -0.05) is 0 Å². The van der Waals surface area contributed by atoms with Gasteiger partial charge in [-0.15, -0.1) is 0 Å². The Morgan fingerprint density at radius 1 is 1.42 bits per heavy atom. The Morgan fingerprint density at radius 3 is 2.75 bits per heavy atom. The normalized spacial score (nSPS) is 15.1. The quantitative estimate of drug-likeness (QED) is 0.380. The van der Waals surface area contributed by atoms with Crippen molar-refractivity contribution in [2.75, 3.05) is 20.3 Å². The highest BCUT2D eigenvalue weighted by Crippen LogP contribution is 2.35. The second-order valence-corrected chi connectivity index (χ2v) is 5.84. The Balaban J connectivity index is 2.25. The van der Waals surface area contributed by atoms with Crippen molar-refractivity contribution in [3.63, 3.8) is 0 Å². The Kier molecular flexibility index (Phi) is 6.18. The van der Waals surface area contributed by atoms with Gasteiger partial charge in [-0.25, -0.2) is 14.6 Å². The maximum atomic E-state index is 11.6. The van der Waals surface area contributed by atoms with Crippen LogP contribution in [0, 0.1) is 3.57 Å². The third-order valence-electron chi connectivity index (χ3n) is 2.92. The molecule has 2 rings (SSSR count). The van der Waals surface area contributed by atoms with Crippen LogP contribution in [0.25, 0.3) is 6.08 Å². The molecule has 0 spiro atoms. The number of carbonyl (C=O) groups is 2. The summed E-state index contributed by atoms with van der Waals surface area (Å²) in [5.74, 6) is 0.221. The zero-order valence-corrected chi connectivity index (χ0v) is 15.6. The van der Waals surface area contributed by atoms with E-state index in [1.807, 2.05) is 0 Å². The number of hydrogen-bond acceptors (Lipinski definition) is 7. The predicted molar refractivity (Wildman–Crippen MR) is 95.0 cm³/mol. The molecule has 0 N–H and O–H groups in total. The summed E-state index contributed by atoms with van der Waals surface area (Å²) in [6, 6.07) is 3.47. The molecule has 0 radical (unpaired) electrons. The number of methoxy groups -OCH3 is 1. The summed E-state index contributed by atoms with van der Waals surface area (Å²) in [6.45, 7) is 3.41. The minimum absolute atomic E-state index is 0.212. The van der Waals surface area contributed by atoms with Crippen LogP contribution in [0.5, 0.6) is 11.5 Å². The number of nitrogens with zero attached hydrogens (tertiary/aromatic N) is 1. The SMILES string of the molecule is CCOC(=O)COc1c(I)cc(/C=C2/N=C(C)OC2=O)cc1OC. The van der Waals surface area contributed by atoms with Crippen LogP contribution in [0.15, 0.2) is 22.8 Å². The Morgan fingerprint density at radius 2 is 2.17 bits per heavy atom. The molecule has 1 aromatic carbocycles. The van der Waals surface area contributed by atoms with Crippen molar-refractivity contribution in [2.45, 2.75) is 13.8 Å². The third-order valence-corrected chi connectivity index (χ3v) is 3.72. The highest BCUT2D eigenvalue weighted by atomic mass is 127. The van der Waals surface area contributed by atoms with Gasteiger partial charge in [-0.3, -0.25) is 0 Å². The third kappa shape index (κ3) is 4.47. The van der Waals surface area contributed by atoms with E-state index in [2.05, 4.69) is 27.6 Å². The van der Waals surface area contributed by atoms with E-state index in [9.17, 15) is 9.59 Å². The Labute approximate surface area is 152 Å². The van der Waals surface area contributed by atoms with Crippen molar-refractivity contribution in [3.8, 4) is 11.5 Å². The van der Waals surface area contributed by atoms with E-state index < -0.39 is 11.9 Å². The largest absolute Gasteiger partial charge is 0.493 e. The fourth-order valence-electron chi connectivity index (χ4n) is 1.97. The first kappa shape index (κ1) is 18.2. The highest BCUT2D eigenvalue weighted by molar-refractivity contribution is 14.1. The lowest BCUT2D eigenvalue weighted by Crippen LogP contribution is -2.15. The average molecular weight is 445 g/mol. The molecule has 24 heavy (non-hydrogen) atoms. The number of rotatable bonds is 6. The van der Waals surface area contributed by atoms with Crippen molar-refractivity contribution in [3.05, 3.63) is 27.0 Å². The molecule has 1 aromatic rings. The predicted octanol–water partition coefficient (Wildman–Crippen LogP) is 2.56. The number of halogens is 1. The zero-order chi connectivity index (χ0) is 17.7. The summed E-state index contributed by atoms with van der Waals surface area (Å²) in [6.07, 6.45) is 1.60. The molecule has 1 heterocycles. The van der Waals surface area contributed by atoms with Gasteiger partial charge in [0.2, 0.25) is 0 Å². The summed E-state index contributed by atoms with van der Waals surface area (Å²) in [5.41, 5.74) is 0.913. The molecular weight excluding hydrogens is 429 g/mol. The molecule has 0 unspecified atom stereocenters. The lowest BCUT2D eigenvalue weighted by Gasteiger charge is -2.13.